The van der Waals surface area contributed by atoms with Crippen LogP contribution in [0.3, 0.4) is 0 Å². The summed E-state index contributed by atoms with van der Waals surface area (Å²) in [6.07, 6.45) is 1.77. The molecule has 0 amide bonds. The summed E-state index contributed by atoms with van der Waals surface area (Å²) in [6, 6.07) is 4.79. The minimum Gasteiger partial charge on any atom is -0.494 e. The van der Waals surface area contributed by atoms with E-state index in [4.69, 9.17) is 15.2 Å². The Hall–Kier alpha value is -1.13. The third-order valence-electron chi connectivity index (χ3n) is 3.22. The van der Waals surface area contributed by atoms with Crippen LogP contribution in [0.15, 0.2) is 18.2 Å². The second-order valence-electron chi connectivity index (χ2n) is 4.44. The molecular weight excluding hydrogens is 221 g/mol. The first-order valence-corrected chi connectivity index (χ1v) is 5.88. The lowest BCUT2D eigenvalue weighted by atomic mass is 9.94. The third-order valence-corrected chi connectivity index (χ3v) is 3.22. The van der Waals surface area contributed by atoms with Crippen LogP contribution >= 0.6 is 0 Å². The van der Waals surface area contributed by atoms with Crippen molar-refractivity contribution in [2.24, 2.45) is 11.7 Å². The summed E-state index contributed by atoms with van der Waals surface area (Å²) in [6.45, 7) is 1.53. The maximum atomic E-state index is 14.0. The molecule has 2 rings (SSSR count). The quantitative estimate of drug-likeness (QED) is 0.876. The molecule has 1 fully saturated rings. The van der Waals surface area contributed by atoms with Crippen molar-refractivity contribution in [3.8, 4) is 5.75 Å². The summed E-state index contributed by atoms with van der Waals surface area (Å²) in [5.74, 6) is 0.345. The van der Waals surface area contributed by atoms with Crippen molar-refractivity contribution >= 4 is 0 Å². The van der Waals surface area contributed by atoms with Gasteiger partial charge in [0.1, 0.15) is 0 Å². The van der Waals surface area contributed by atoms with Gasteiger partial charge in [-0.2, -0.15) is 0 Å². The highest BCUT2D eigenvalue weighted by molar-refractivity contribution is 5.32. The predicted molar refractivity (Wildman–Crippen MR) is 63.4 cm³/mol. The molecule has 1 saturated heterocycles. The van der Waals surface area contributed by atoms with Crippen LogP contribution in [0.5, 0.6) is 5.75 Å². The van der Waals surface area contributed by atoms with Crippen LogP contribution < -0.4 is 10.5 Å². The molecule has 0 aromatic heterocycles. The summed E-state index contributed by atoms with van der Waals surface area (Å²) in [4.78, 5) is 0. The van der Waals surface area contributed by atoms with Gasteiger partial charge in [-0.05, 0) is 24.8 Å². The molecule has 0 aliphatic carbocycles. The molecule has 2 unspecified atom stereocenters. The van der Waals surface area contributed by atoms with Gasteiger partial charge in [0.25, 0.3) is 0 Å². The number of benzene rings is 1. The second kappa shape index (κ2) is 5.47. The number of rotatable bonds is 4. The Kier molecular flexibility index (Phi) is 3.97. The first kappa shape index (κ1) is 12.3. The standard InChI is InChI=1S/C13H18FNO2/c1-16-12-4-2-3-10(13(12)14)11(15)7-9-5-6-17-8-9/h2-4,9,11H,5-8,15H2,1H3. The Morgan fingerprint density at radius 2 is 2.41 bits per heavy atom. The van der Waals surface area contributed by atoms with Crippen LogP contribution in [0.2, 0.25) is 0 Å². The van der Waals surface area contributed by atoms with Gasteiger partial charge in [0.2, 0.25) is 0 Å². The Balaban J connectivity index is 2.09. The molecule has 1 aromatic carbocycles. The summed E-state index contributed by atoms with van der Waals surface area (Å²) < 4.78 is 24.2. The summed E-state index contributed by atoms with van der Waals surface area (Å²) >= 11 is 0. The molecule has 1 aromatic rings. The zero-order valence-electron chi connectivity index (χ0n) is 9.99. The van der Waals surface area contributed by atoms with Gasteiger partial charge < -0.3 is 15.2 Å². The van der Waals surface area contributed by atoms with Crippen LogP contribution in [0.1, 0.15) is 24.4 Å². The lowest BCUT2D eigenvalue weighted by molar-refractivity contribution is 0.182. The summed E-state index contributed by atoms with van der Waals surface area (Å²) in [5, 5.41) is 0. The summed E-state index contributed by atoms with van der Waals surface area (Å²) in [7, 11) is 1.46. The van der Waals surface area contributed by atoms with Gasteiger partial charge in [-0.25, -0.2) is 4.39 Å². The van der Waals surface area contributed by atoms with Crippen molar-refractivity contribution in [1.29, 1.82) is 0 Å². The fourth-order valence-corrected chi connectivity index (χ4v) is 2.23. The molecule has 94 valence electrons. The number of nitrogens with two attached hydrogens (primary N) is 1. The Bertz CT molecular complexity index is 378. The van der Waals surface area contributed by atoms with Crippen molar-refractivity contribution in [3.05, 3.63) is 29.6 Å². The Morgan fingerprint density at radius 3 is 3.06 bits per heavy atom. The average molecular weight is 239 g/mol. The average Bonchev–Trinajstić information content (AvgIpc) is 2.82. The van der Waals surface area contributed by atoms with E-state index < -0.39 is 0 Å². The number of ether oxygens (including phenoxy) is 2. The van der Waals surface area contributed by atoms with E-state index >= 15 is 0 Å². The van der Waals surface area contributed by atoms with Crippen LogP contribution in [-0.4, -0.2) is 20.3 Å². The monoisotopic (exact) mass is 239 g/mol. The number of hydrogen-bond donors (Lipinski definition) is 1. The van der Waals surface area contributed by atoms with E-state index in [1.165, 1.54) is 7.11 Å². The molecule has 17 heavy (non-hydrogen) atoms. The van der Waals surface area contributed by atoms with Gasteiger partial charge in [-0.3, -0.25) is 0 Å². The maximum absolute atomic E-state index is 14.0. The zero-order chi connectivity index (χ0) is 12.3. The van der Waals surface area contributed by atoms with E-state index in [9.17, 15) is 4.39 Å². The molecule has 1 heterocycles. The minimum atomic E-state index is -0.346. The van der Waals surface area contributed by atoms with E-state index in [0.717, 1.165) is 26.1 Å². The third kappa shape index (κ3) is 2.76. The van der Waals surface area contributed by atoms with E-state index in [0.29, 0.717) is 11.5 Å². The van der Waals surface area contributed by atoms with Crippen LogP contribution in [0, 0.1) is 11.7 Å². The van der Waals surface area contributed by atoms with Crippen molar-refractivity contribution in [2.45, 2.75) is 18.9 Å². The van der Waals surface area contributed by atoms with Crippen LogP contribution in [-0.2, 0) is 4.74 Å². The smallest absolute Gasteiger partial charge is 0.169 e. The molecule has 2 atom stereocenters. The van der Waals surface area contributed by atoms with Crippen LogP contribution in [0.4, 0.5) is 4.39 Å². The minimum absolute atomic E-state index is 0.251. The topological polar surface area (TPSA) is 44.5 Å². The lowest BCUT2D eigenvalue weighted by Crippen LogP contribution is -2.17. The molecule has 0 bridgehead atoms. The van der Waals surface area contributed by atoms with Crippen molar-refractivity contribution < 1.29 is 13.9 Å². The molecule has 1 aliphatic heterocycles. The molecule has 1 aliphatic rings. The maximum Gasteiger partial charge on any atom is 0.169 e. The molecule has 0 saturated carbocycles. The predicted octanol–water partition coefficient (Wildman–Crippen LogP) is 2.26. The highest BCUT2D eigenvalue weighted by Crippen LogP contribution is 2.29. The van der Waals surface area contributed by atoms with Gasteiger partial charge in [-0.1, -0.05) is 12.1 Å². The van der Waals surface area contributed by atoms with Crippen molar-refractivity contribution in [3.63, 3.8) is 0 Å². The Labute approximate surface area is 101 Å². The highest BCUT2D eigenvalue weighted by atomic mass is 19.1. The zero-order valence-corrected chi connectivity index (χ0v) is 9.99. The molecule has 0 spiro atoms. The molecule has 0 radical (unpaired) electrons. The molecule has 3 nitrogen and oxygen atoms in total. The summed E-state index contributed by atoms with van der Waals surface area (Å²) in [5.41, 5.74) is 6.57. The fraction of sp³-hybridized carbons (Fsp3) is 0.538. The largest absolute Gasteiger partial charge is 0.494 e. The lowest BCUT2D eigenvalue weighted by Gasteiger charge is -2.17. The van der Waals surface area contributed by atoms with Crippen molar-refractivity contribution in [1.82, 2.24) is 0 Å². The van der Waals surface area contributed by atoms with Gasteiger partial charge in [0.15, 0.2) is 11.6 Å². The van der Waals surface area contributed by atoms with Crippen molar-refractivity contribution in [2.75, 3.05) is 20.3 Å². The SMILES string of the molecule is COc1cccc(C(N)CC2CCOC2)c1F. The first-order valence-electron chi connectivity index (χ1n) is 5.88. The van der Waals surface area contributed by atoms with E-state index in [-0.39, 0.29) is 17.6 Å². The van der Waals surface area contributed by atoms with E-state index in [2.05, 4.69) is 0 Å². The highest BCUT2D eigenvalue weighted by Gasteiger charge is 2.22. The number of methoxy groups -OCH3 is 1. The van der Waals surface area contributed by atoms with Gasteiger partial charge in [0, 0.05) is 24.8 Å². The van der Waals surface area contributed by atoms with Crippen LogP contribution in [0.25, 0.3) is 0 Å². The normalized spacial score (nSPS) is 21.5. The fourth-order valence-electron chi connectivity index (χ4n) is 2.23. The van der Waals surface area contributed by atoms with E-state index in [1.807, 2.05) is 0 Å². The number of hydrogen-bond acceptors (Lipinski definition) is 3. The molecule has 2 N–H and O–H groups in total. The van der Waals surface area contributed by atoms with Gasteiger partial charge in [-0.15, -0.1) is 0 Å². The first-order chi connectivity index (χ1) is 8.22. The van der Waals surface area contributed by atoms with Gasteiger partial charge in [0.05, 0.1) is 7.11 Å². The molecular formula is C13H18FNO2. The number of halogens is 1. The second-order valence-corrected chi connectivity index (χ2v) is 4.44. The molecule has 4 heteroatoms. The Morgan fingerprint density at radius 1 is 1.59 bits per heavy atom. The van der Waals surface area contributed by atoms with Gasteiger partial charge >= 0.3 is 0 Å². The van der Waals surface area contributed by atoms with E-state index in [1.54, 1.807) is 18.2 Å².